The van der Waals surface area contributed by atoms with Crippen LogP contribution in [0.1, 0.15) is 45.5 Å². The maximum absolute atomic E-state index is 12.8. The monoisotopic (exact) mass is 423 g/mol. The Morgan fingerprint density at radius 1 is 0.968 bits per heavy atom. The van der Waals surface area contributed by atoms with Gasteiger partial charge in [0.15, 0.2) is 0 Å². The number of benzene rings is 2. The van der Waals surface area contributed by atoms with Gasteiger partial charge in [-0.2, -0.15) is 0 Å². The fraction of sp³-hybridized carbons (Fsp3) is 0.375. The predicted octanol–water partition coefficient (Wildman–Crippen LogP) is 2.54. The van der Waals surface area contributed by atoms with E-state index in [4.69, 9.17) is 4.74 Å². The Balaban J connectivity index is 1.41. The molecule has 0 aliphatic carbocycles. The lowest BCUT2D eigenvalue weighted by atomic mass is 10.1. The van der Waals surface area contributed by atoms with Crippen LogP contribution in [0.5, 0.6) is 5.75 Å². The third-order valence-electron chi connectivity index (χ3n) is 5.41. The summed E-state index contributed by atoms with van der Waals surface area (Å²) >= 11 is 0. The van der Waals surface area contributed by atoms with Crippen LogP contribution in [-0.4, -0.2) is 55.4 Å². The molecule has 3 rings (SSSR count). The highest BCUT2D eigenvalue weighted by atomic mass is 16.5. The Kier molecular flexibility index (Phi) is 7.65. The first-order chi connectivity index (χ1) is 15.0. The number of methoxy groups -OCH3 is 1. The standard InChI is InChI=1S/C24H29N3O4/c1-17-6-8-19(9-7-17)24(30)27-16-3-5-21(27)23(29)26-15-4-14-25-22(28)18-10-12-20(31-2)13-11-18/h6-13,21H,3-5,14-16H2,1-2H3,(H,25,28)(H,26,29)/t21-/m0/s1. The van der Waals surface area contributed by atoms with E-state index in [0.717, 1.165) is 12.0 Å². The van der Waals surface area contributed by atoms with Crippen molar-refractivity contribution in [1.29, 1.82) is 0 Å². The minimum atomic E-state index is -0.442. The minimum Gasteiger partial charge on any atom is -0.497 e. The molecule has 0 saturated carbocycles. The third kappa shape index (κ3) is 5.84. The number of hydrogen-bond acceptors (Lipinski definition) is 4. The maximum atomic E-state index is 12.8. The number of carbonyl (C=O) groups is 3. The van der Waals surface area contributed by atoms with Crippen molar-refractivity contribution >= 4 is 17.7 Å². The molecule has 1 saturated heterocycles. The fourth-order valence-electron chi connectivity index (χ4n) is 3.61. The molecule has 1 atom stereocenters. The van der Waals surface area contributed by atoms with Gasteiger partial charge in [0.1, 0.15) is 11.8 Å². The van der Waals surface area contributed by atoms with Gasteiger partial charge in [-0.1, -0.05) is 17.7 Å². The van der Waals surface area contributed by atoms with Gasteiger partial charge in [0.2, 0.25) is 5.91 Å². The first-order valence-corrected chi connectivity index (χ1v) is 10.6. The summed E-state index contributed by atoms with van der Waals surface area (Å²) in [6, 6.07) is 13.8. The number of carbonyl (C=O) groups excluding carboxylic acids is 3. The van der Waals surface area contributed by atoms with Crippen LogP contribution in [0.25, 0.3) is 0 Å². The molecular weight excluding hydrogens is 394 g/mol. The second-order valence-corrected chi connectivity index (χ2v) is 7.65. The number of ether oxygens (including phenoxy) is 1. The predicted molar refractivity (Wildman–Crippen MR) is 118 cm³/mol. The summed E-state index contributed by atoms with van der Waals surface area (Å²) in [7, 11) is 1.58. The van der Waals surface area contributed by atoms with E-state index in [1.165, 1.54) is 0 Å². The minimum absolute atomic E-state index is 0.107. The highest BCUT2D eigenvalue weighted by molar-refractivity contribution is 5.98. The highest BCUT2D eigenvalue weighted by Crippen LogP contribution is 2.20. The molecule has 0 unspecified atom stereocenters. The van der Waals surface area contributed by atoms with Gasteiger partial charge in [-0.05, 0) is 62.6 Å². The highest BCUT2D eigenvalue weighted by Gasteiger charge is 2.34. The van der Waals surface area contributed by atoms with E-state index in [1.54, 1.807) is 48.4 Å². The average Bonchev–Trinajstić information content (AvgIpc) is 3.29. The zero-order valence-corrected chi connectivity index (χ0v) is 18.0. The van der Waals surface area contributed by atoms with Gasteiger partial charge >= 0.3 is 0 Å². The van der Waals surface area contributed by atoms with Crippen LogP contribution >= 0.6 is 0 Å². The molecule has 3 amide bonds. The maximum Gasteiger partial charge on any atom is 0.254 e. The number of aryl methyl sites for hydroxylation is 1. The summed E-state index contributed by atoms with van der Waals surface area (Å²) < 4.78 is 5.08. The van der Waals surface area contributed by atoms with Crippen molar-refractivity contribution in [2.45, 2.75) is 32.2 Å². The molecule has 7 nitrogen and oxygen atoms in total. The Hall–Kier alpha value is -3.35. The topological polar surface area (TPSA) is 87.7 Å². The Labute approximate surface area is 182 Å². The van der Waals surface area contributed by atoms with Crippen molar-refractivity contribution in [2.24, 2.45) is 0 Å². The summed E-state index contributed by atoms with van der Waals surface area (Å²) in [5.74, 6) is 0.282. The van der Waals surface area contributed by atoms with E-state index in [-0.39, 0.29) is 17.7 Å². The van der Waals surface area contributed by atoms with E-state index in [9.17, 15) is 14.4 Å². The summed E-state index contributed by atoms with van der Waals surface area (Å²) in [6.07, 6.45) is 2.08. The first-order valence-electron chi connectivity index (χ1n) is 10.6. The van der Waals surface area contributed by atoms with Gasteiger partial charge in [-0.15, -0.1) is 0 Å². The van der Waals surface area contributed by atoms with Crippen molar-refractivity contribution in [2.75, 3.05) is 26.7 Å². The van der Waals surface area contributed by atoms with Gasteiger partial charge in [-0.25, -0.2) is 0 Å². The molecule has 1 aliphatic heterocycles. The number of rotatable bonds is 8. The van der Waals surface area contributed by atoms with E-state index < -0.39 is 6.04 Å². The normalized spacial score (nSPS) is 15.4. The summed E-state index contributed by atoms with van der Waals surface area (Å²) in [6.45, 7) is 3.44. The van der Waals surface area contributed by atoms with Gasteiger partial charge in [-0.3, -0.25) is 14.4 Å². The zero-order chi connectivity index (χ0) is 22.2. The molecule has 0 aromatic heterocycles. The molecule has 7 heteroatoms. The molecule has 31 heavy (non-hydrogen) atoms. The fourth-order valence-corrected chi connectivity index (χ4v) is 3.61. The van der Waals surface area contributed by atoms with Crippen molar-refractivity contribution in [1.82, 2.24) is 15.5 Å². The number of hydrogen-bond donors (Lipinski definition) is 2. The molecule has 2 aromatic rings. The van der Waals surface area contributed by atoms with Crippen LogP contribution < -0.4 is 15.4 Å². The summed E-state index contributed by atoms with van der Waals surface area (Å²) in [5.41, 5.74) is 2.25. The second-order valence-electron chi connectivity index (χ2n) is 7.65. The number of likely N-dealkylation sites (tertiary alicyclic amines) is 1. The van der Waals surface area contributed by atoms with Gasteiger partial charge in [0.05, 0.1) is 7.11 Å². The second kappa shape index (κ2) is 10.6. The molecule has 1 fully saturated rings. The van der Waals surface area contributed by atoms with Crippen LogP contribution in [0, 0.1) is 6.92 Å². The lowest BCUT2D eigenvalue weighted by Gasteiger charge is -2.24. The van der Waals surface area contributed by atoms with Crippen molar-refractivity contribution < 1.29 is 19.1 Å². The average molecular weight is 424 g/mol. The number of nitrogens with one attached hydrogen (secondary N) is 2. The smallest absolute Gasteiger partial charge is 0.254 e. The third-order valence-corrected chi connectivity index (χ3v) is 5.41. The van der Waals surface area contributed by atoms with Crippen molar-refractivity contribution in [3.63, 3.8) is 0 Å². The van der Waals surface area contributed by atoms with Crippen LogP contribution in [-0.2, 0) is 4.79 Å². The summed E-state index contributed by atoms with van der Waals surface area (Å²) in [4.78, 5) is 39.2. The molecule has 1 aliphatic rings. The quantitative estimate of drug-likeness (QED) is 0.639. The molecule has 2 N–H and O–H groups in total. The van der Waals surface area contributed by atoms with Crippen molar-refractivity contribution in [3.05, 3.63) is 65.2 Å². The molecule has 2 aromatic carbocycles. The van der Waals surface area contributed by atoms with Crippen LogP contribution in [0.3, 0.4) is 0 Å². The van der Waals surface area contributed by atoms with E-state index >= 15 is 0 Å². The number of amides is 3. The lowest BCUT2D eigenvalue weighted by molar-refractivity contribution is -0.124. The first kappa shape index (κ1) is 22.3. The molecule has 0 radical (unpaired) electrons. The summed E-state index contributed by atoms with van der Waals surface area (Å²) in [5, 5.41) is 5.74. The van der Waals surface area contributed by atoms with Crippen LogP contribution in [0.2, 0.25) is 0 Å². The molecule has 0 bridgehead atoms. The van der Waals surface area contributed by atoms with Gasteiger partial charge < -0.3 is 20.3 Å². The Morgan fingerprint density at radius 2 is 1.61 bits per heavy atom. The van der Waals surface area contributed by atoms with E-state index in [2.05, 4.69) is 10.6 Å². The van der Waals surface area contributed by atoms with E-state index in [0.29, 0.717) is 49.4 Å². The SMILES string of the molecule is COc1ccc(C(=O)NCCCNC(=O)[C@@H]2CCCN2C(=O)c2ccc(C)cc2)cc1. The zero-order valence-electron chi connectivity index (χ0n) is 18.0. The van der Waals surface area contributed by atoms with Crippen molar-refractivity contribution in [3.8, 4) is 5.75 Å². The number of nitrogens with zero attached hydrogens (tertiary/aromatic N) is 1. The van der Waals surface area contributed by atoms with E-state index in [1.807, 2.05) is 19.1 Å². The van der Waals surface area contributed by atoms with Crippen LogP contribution in [0.4, 0.5) is 0 Å². The van der Waals surface area contributed by atoms with Gasteiger partial charge in [0, 0.05) is 30.8 Å². The molecule has 0 spiro atoms. The Morgan fingerprint density at radius 3 is 2.29 bits per heavy atom. The Bertz CT molecular complexity index is 909. The largest absolute Gasteiger partial charge is 0.497 e. The molecular formula is C24H29N3O4. The van der Waals surface area contributed by atoms with Gasteiger partial charge in [0.25, 0.3) is 11.8 Å². The molecule has 164 valence electrons. The molecule has 1 heterocycles. The van der Waals surface area contributed by atoms with Crippen LogP contribution in [0.15, 0.2) is 48.5 Å². The lowest BCUT2D eigenvalue weighted by Crippen LogP contribution is -2.46.